The minimum atomic E-state index is -0.551. The highest BCUT2D eigenvalue weighted by Gasteiger charge is 2.18. The lowest BCUT2D eigenvalue weighted by molar-refractivity contribution is 0.102. The van der Waals surface area contributed by atoms with E-state index in [1.54, 1.807) is 25.4 Å². The highest BCUT2D eigenvalue weighted by atomic mass is 79.9. The summed E-state index contributed by atoms with van der Waals surface area (Å²) in [6, 6.07) is 5.97. The molecule has 0 saturated heterocycles. The number of carbonyl (C=O) groups excluding carboxylic acids is 1. The summed E-state index contributed by atoms with van der Waals surface area (Å²) in [6.07, 6.45) is 1.64. The van der Waals surface area contributed by atoms with Crippen molar-refractivity contribution in [2.45, 2.75) is 0 Å². The lowest BCUT2D eigenvalue weighted by atomic mass is 10.1. The molecular weight excluding hydrogens is 275 g/mol. The van der Waals surface area contributed by atoms with E-state index in [0.717, 1.165) is 0 Å². The summed E-state index contributed by atoms with van der Waals surface area (Å²) in [6.45, 7) is 0. The van der Waals surface area contributed by atoms with Gasteiger partial charge in [-0.1, -0.05) is 6.07 Å². The molecule has 0 atom stereocenters. The van der Waals surface area contributed by atoms with E-state index in [9.17, 15) is 9.18 Å². The average molecular weight is 283 g/mol. The van der Waals surface area contributed by atoms with Crippen LogP contribution in [0.5, 0.6) is 0 Å². The number of nitrogens with zero attached hydrogens (tertiary/aromatic N) is 2. The topological polar surface area (TPSA) is 34.9 Å². The van der Waals surface area contributed by atoms with Crippen LogP contribution in [-0.4, -0.2) is 15.6 Å². The van der Waals surface area contributed by atoms with Gasteiger partial charge in [-0.05, 0) is 34.1 Å². The highest BCUT2D eigenvalue weighted by Crippen LogP contribution is 2.22. The van der Waals surface area contributed by atoms with E-state index in [-0.39, 0.29) is 11.3 Å². The summed E-state index contributed by atoms with van der Waals surface area (Å²) in [5.41, 5.74) is 0.245. The van der Waals surface area contributed by atoms with Gasteiger partial charge in [0, 0.05) is 17.7 Å². The van der Waals surface area contributed by atoms with Crippen molar-refractivity contribution in [1.82, 2.24) is 9.78 Å². The van der Waals surface area contributed by atoms with Gasteiger partial charge in [0.05, 0.1) is 5.56 Å². The molecule has 0 aliphatic rings. The van der Waals surface area contributed by atoms with E-state index in [1.165, 1.54) is 16.8 Å². The zero-order chi connectivity index (χ0) is 11.7. The van der Waals surface area contributed by atoms with Gasteiger partial charge in [-0.3, -0.25) is 9.48 Å². The Hall–Kier alpha value is -1.49. The molecule has 82 valence electrons. The van der Waals surface area contributed by atoms with Crippen molar-refractivity contribution >= 4 is 21.7 Å². The first-order chi connectivity index (χ1) is 7.59. The van der Waals surface area contributed by atoms with E-state index < -0.39 is 11.6 Å². The molecule has 3 nitrogen and oxygen atoms in total. The first-order valence-corrected chi connectivity index (χ1v) is 5.37. The quantitative estimate of drug-likeness (QED) is 0.794. The molecule has 16 heavy (non-hydrogen) atoms. The van der Waals surface area contributed by atoms with Crippen molar-refractivity contribution < 1.29 is 9.18 Å². The van der Waals surface area contributed by atoms with Crippen LogP contribution >= 0.6 is 15.9 Å². The van der Waals surface area contributed by atoms with Crippen LogP contribution in [0.4, 0.5) is 4.39 Å². The Balaban J connectivity index is 2.49. The largest absolute Gasteiger partial charge is 0.287 e. The number of benzene rings is 1. The maximum absolute atomic E-state index is 13.5. The van der Waals surface area contributed by atoms with E-state index >= 15 is 0 Å². The summed E-state index contributed by atoms with van der Waals surface area (Å²) in [4.78, 5) is 12.0. The van der Waals surface area contributed by atoms with Crippen LogP contribution < -0.4 is 0 Å². The monoisotopic (exact) mass is 282 g/mol. The Labute approximate surface area is 100 Å². The number of hydrogen-bond donors (Lipinski definition) is 0. The van der Waals surface area contributed by atoms with Gasteiger partial charge in [0.25, 0.3) is 0 Å². The second-order valence-electron chi connectivity index (χ2n) is 3.30. The van der Waals surface area contributed by atoms with Crippen LogP contribution in [0.1, 0.15) is 16.1 Å². The lowest BCUT2D eigenvalue weighted by Crippen LogP contribution is -2.07. The molecule has 0 fully saturated rings. The van der Waals surface area contributed by atoms with Crippen molar-refractivity contribution in [3.05, 3.63) is 52.0 Å². The second kappa shape index (κ2) is 4.17. The van der Waals surface area contributed by atoms with E-state index in [0.29, 0.717) is 4.47 Å². The first kappa shape index (κ1) is 11.0. The van der Waals surface area contributed by atoms with Gasteiger partial charge < -0.3 is 0 Å². The third-order valence-corrected chi connectivity index (χ3v) is 2.80. The van der Waals surface area contributed by atoms with Gasteiger partial charge in [0.1, 0.15) is 11.5 Å². The maximum Gasteiger partial charge on any atom is 0.217 e. The number of hydrogen-bond acceptors (Lipinski definition) is 2. The molecular formula is C11H8BrFN2O. The predicted octanol–water partition coefficient (Wildman–Crippen LogP) is 2.55. The molecule has 1 heterocycles. The number of rotatable bonds is 2. The van der Waals surface area contributed by atoms with E-state index in [1.807, 2.05) is 0 Å². The number of aryl methyl sites for hydroxylation is 1. The summed E-state index contributed by atoms with van der Waals surface area (Å²) in [5.74, 6) is -0.976. The minimum absolute atomic E-state index is 0.0150. The molecule has 2 rings (SSSR count). The Morgan fingerprint density at radius 3 is 2.75 bits per heavy atom. The summed E-state index contributed by atoms with van der Waals surface area (Å²) < 4.78 is 15.4. The lowest BCUT2D eigenvalue weighted by Gasteiger charge is -2.02. The molecule has 0 unspecified atom stereocenters. The van der Waals surface area contributed by atoms with Gasteiger partial charge in [-0.15, -0.1) is 0 Å². The molecule has 0 radical (unpaired) electrons. The zero-order valence-electron chi connectivity index (χ0n) is 8.45. The first-order valence-electron chi connectivity index (χ1n) is 4.58. The summed E-state index contributed by atoms with van der Waals surface area (Å²) >= 11 is 3.16. The van der Waals surface area contributed by atoms with E-state index in [2.05, 4.69) is 21.0 Å². The molecule has 2 aromatic rings. The fraction of sp³-hybridized carbons (Fsp3) is 0.0909. The molecule has 0 spiro atoms. The van der Waals surface area contributed by atoms with Crippen molar-refractivity contribution in [2.24, 2.45) is 7.05 Å². The summed E-state index contributed by atoms with van der Waals surface area (Å²) in [7, 11) is 1.70. The van der Waals surface area contributed by atoms with Crippen LogP contribution in [-0.2, 0) is 7.05 Å². The normalized spacial score (nSPS) is 10.4. The fourth-order valence-corrected chi connectivity index (χ4v) is 1.90. The molecule has 0 aliphatic carbocycles. The number of ketones is 1. The number of halogens is 2. The highest BCUT2D eigenvalue weighted by molar-refractivity contribution is 9.10. The van der Waals surface area contributed by atoms with E-state index in [4.69, 9.17) is 0 Å². The molecule has 0 N–H and O–H groups in total. The smallest absolute Gasteiger partial charge is 0.217 e. The van der Waals surface area contributed by atoms with Gasteiger partial charge in [-0.25, -0.2) is 4.39 Å². The molecule has 1 aromatic carbocycles. The van der Waals surface area contributed by atoms with Crippen molar-refractivity contribution in [1.29, 1.82) is 0 Å². The standard InChI is InChI=1S/C11H8BrFN2O/c1-15-6-5-9(14-15)11(16)10-7(12)3-2-4-8(10)13/h2-6H,1H3. The van der Waals surface area contributed by atoms with Crippen molar-refractivity contribution in [2.75, 3.05) is 0 Å². The molecule has 0 bridgehead atoms. The van der Waals surface area contributed by atoms with Crippen LogP contribution in [0.25, 0.3) is 0 Å². The second-order valence-corrected chi connectivity index (χ2v) is 4.15. The van der Waals surface area contributed by atoms with Crippen molar-refractivity contribution in [3.63, 3.8) is 0 Å². The third-order valence-electron chi connectivity index (χ3n) is 2.14. The zero-order valence-corrected chi connectivity index (χ0v) is 10.0. The molecule has 0 saturated carbocycles. The Bertz CT molecular complexity index is 530. The Kier molecular flexibility index (Phi) is 2.87. The SMILES string of the molecule is Cn1ccc(C(=O)c2c(F)cccc2Br)n1. The molecule has 1 aromatic heterocycles. The summed E-state index contributed by atoms with van der Waals surface area (Å²) in [5, 5.41) is 3.95. The van der Waals surface area contributed by atoms with Crippen LogP contribution in [0.2, 0.25) is 0 Å². The average Bonchev–Trinajstić information content (AvgIpc) is 2.64. The number of aromatic nitrogens is 2. The van der Waals surface area contributed by atoms with Crippen LogP contribution in [0, 0.1) is 5.82 Å². The van der Waals surface area contributed by atoms with Crippen LogP contribution in [0.15, 0.2) is 34.9 Å². The maximum atomic E-state index is 13.5. The van der Waals surface area contributed by atoms with Gasteiger partial charge >= 0.3 is 0 Å². The van der Waals surface area contributed by atoms with Gasteiger partial charge in [0.15, 0.2) is 0 Å². The molecule has 5 heteroatoms. The minimum Gasteiger partial charge on any atom is -0.287 e. The number of carbonyl (C=O) groups is 1. The fourth-order valence-electron chi connectivity index (χ4n) is 1.38. The van der Waals surface area contributed by atoms with Crippen LogP contribution in [0.3, 0.4) is 0 Å². The Morgan fingerprint density at radius 2 is 2.19 bits per heavy atom. The Morgan fingerprint density at radius 1 is 1.44 bits per heavy atom. The van der Waals surface area contributed by atoms with Gasteiger partial charge in [-0.2, -0.15) is 5.10 Å². The third kappa shape index (κ3) is 1.90. The predicted molar refractivity (Wildman–Crippen MR) is 60.7 cm³/mol. The molecule has 0 amide bonds. The van der Waals surface area contributed by atoms with Crippen molar-refractivity contribution in [3.8, 4) is 0 Å². The van der Waals surface area contributed by atoms with Gasteiger partial charge in [0.2, 0.25) is 5.78 Å². The molecule has 0 aliphatic heterocycles.